The molecule has 0 spiro atoms. The molecular formula is C52H71Cl3SiTi. The van der Waals surface area contributed by atoms with E-state index in [1.165, 1.54) is 70.5 Å². The van der Waals surface area contributed by atoms with Crippen molar-refractivity contribution >= 4 is 67.5 Å². The van der Waals surface area contributed by atoms with Gasteiger partial charge in [-0.25, -0.2) is 0 Å². The maximum atomic E-state index is 4.97. The molecule has 0 aliphatic carbocycles. The van der Waals surface area contributed by atoms with Crippen molar-refractivity contribution in [3.05, 3.63) is 124 Å². The van der Waals surface area contributed by atoms with Crippen LogP contribution in [-0.2, 0) is 47.2 Å². The summed E-state index contributed by atoms with van der Waals surface area (Å²) in [5, 5.41) is 8.75. The van der Waals surface area contributed by atoms with E-state index in [1.54, 1.807) is 0 Å². The van der Waals surface area contributed by atoms with Crippen molar-refractivity contribution in [2.75, 3.05) is 0 Å². The third-order valence-corrected chi connectivity index (χ3v) is 16.5. The number of hydrogen-bond donors (Lipinski definition) is 0. The molecule has 0 heterocycles. The van der Waals surface area contributed by atoms with Gasteiger partial charge in [-0.1, -0.05) is 208 Å². The van der Waals surface area contributed by atoms with Gasteiger partial charge >= 0.3 is 42.6 Å². The molecule has 5 aromatic carbocycles. The average Bonchev–Trinajstić information content (AvgIpc) is 3.38. The first-order chi connectivity index (χ1) is 25.7. The number of rotatable bonds is 4. The van der Waals surface area contributed by atoms with Gasteiger partial charge < -0.3 is 0 Å². The summed E-state index contributed by atoms with van der Waals surface area (Å²) in [7, 11) is 11.8. The Bertz CT molecular complexity index is 1910. The fraction of sp³-hybridized carbons (Fsp3) is 0.481. The maximum absolute atomic E-state index is 4.97. The van der Waals surface area contributed by atoms with Gasteiger partial charge in [0.25, 0.3) is 0 Å². The van der Waals surface area contributed by atoms with Crippen LogP contribution >= 0.6 is 27.9 Å². The van der Waals surface area contributed by atoms with E-state index in [1.807, 2.05) is 0 Å². The Labute approximate surface area is 367 Å². The Hall–Kier alpha value is -1.71. The first-order valence-electron chi connectivity index (χ1n) is 20.7. The number of fused-ring (bicyclic) bond motifs is 1. The van der Waals surface area contributed by atoms with Crippen LogP contribution in [0.25, 0.3) is 10.8 Å². The molecular weight excluding hydrogens is 807 g/mol. The van der Waals surface area contributed by atoms with Crippen molar-refractivity contribution in [2.45, 2.75) is 164 Å². The molecule has 5 heteroatoms. The summed E-state index contributed by atoms with van der Waals surface area (Å²) in [6.07, 6.45) is 0. The van der Waals surface area contributed by atoms with Gasteiger partial charge in [0.05, 0.1) is 0 Å². The molecule has 0 nitrogen and oxygen atoms in total. The van der Waals surface area contributed by atoms with Crippen molar-refractivity contribution in [3.8, 4) is 0 Å². The van der Waals surface area contributed by atoms with Crippen molar-refractivity contribution in [2.24, 2.45) is 0 Å². The van der Waals surface area contributed by atoms with Crippen LogP contribution in [-0.4, -0.2) is 8.07 Å². The number of aryl methyl sites for hydroxylation is 1. The van der Waals surface area contributed by atoms with Gasteiger partial charge in [-0.05, 0) is 65.9 Å². The summed E-state index contributed by atoms with van der Waals surface area (Å²) in [5.41, 5.74) is 9.75. The minimum absolute atomic E-state index is 0.0209. The van der Waals surface area contributed by atoms with Crippen LogP contribution in [0.4, 0.5) is 0 Å². The molecule has 0 aliphatic rings. The van der Waals surface area contributed by atoms with Gasteiger partial charge in [-0.2, -0.15) is 6.07 Å². The predicted octanol–water partition coefficient (Wildman–Crippen LogP) is 14.1. The Morgan fingerprint density at radius 3 is 0.895 bits per heavy atom. The van der Waals surface area contributed by atoms with E-state index < -0.39 is 22.8 Å². The quantitative estimate of drug-likeness (QED) is 0.0959. The van der Waals surface area contributed by atoms with Gasteiger partial charge in [-0.3, -0.25) is 0 Å². The van der Waals surface area contributed by atoms with E-state index in [2.05, 4.69) is 216 Å². The molecule has 5 aromatic rings. The van der Waals surface area contributed by atoms with Crippen LogP contribution in [0.5, 0.6) is 0 Å². The molecule has 0 atom stereocenters. The van der Waals surface area contributed by atoms with Crippen molar-refractivity contribution in [1.29, 1.82) is 0 Å². The Balaban J connectivity index is 0.00000172. The van der Waals surface area contributed by atoms with E-state index in [9.17, 15) is 0 Å². The van der Waals surface area contributed by atoms with E-state index in [4.69, 9.17) is 27.9 Å². The molecule has 0 unspecified atom stereocenters. The summed E-state index contributed by atoms with van der Waals surface area (Å²) in [6.45, 7) is 45.4. The fourth-order valence-electron chi connectivity index (χ4n) is 7.93. The average molecular weight is 878 g/mol. The van der Waals surface area contributed by atoms with Crippen LogP contribution in [0.3, 0.4) is 0 Å². The fourth-order valence-corrected chi connectivity index (χ4v) is 13.3. The SMILES string of the molecule is Cc1cc2ccccc2[c-]1[Si](c1cc(C(C)(C)C)cc(C(C)(C)C)c1)(c1cc(C(C)(C)C)cc(C(C)(C)C)c1)c1cc(C(C)(C)C)cc(C(C)(C)C)c1.[Cl][Ti+]([Cl])[Cl]. The molecule has 0 aliphatic heterocycles. The summed E-state index contributed by atoms with van der Waals surface area (Å²) in [5.74, 6) is 0. The van der Waals surface area contributed by atoms with Crippen LogP contribution in [0, 0.1) is 6.92 Å². The molecule has 0 N–H and O–H groups in total. The molecule has 57 heavy (non-hydrogen) atoms. The summed E-state index contributed by atoms with van der Waals surface area (Å²) in [6, 6.07) is 35.1. The third-order valence-electron chi connectivity index (χ3n) is 11.7. The summed E-state index contributed by atoms with van der Waals surface area (Å²) < 4.78 is 0. The molecule has 0 radical (unpaired) electrons. The Morgan fingerprint density at radius 1 is 0.404 bits per heavy atom. The monoisotopic (exact) mass is 876 g/mol. The van der Waals surface area contributed by atoms with Gasteiger partial charge in [0, 0.05) is 0 Å². The van der Waals surface area contributed by atoms with Gasteiger partial charge in [-0.15, -0.1) is 39.7 Å². The van der Waals surface area contributed by atoms with E-state index in [-0.39, 0.29) is 32.5 Å². The second kappa shape index (κ2) is 16.6. The molecule has 5 rings (SSSR count). The van der Waals surface area contributed by atoms with Crippen LogP contribution < -0.4 is 20.7 Å². The molecule has 0 fully saturated rings. The minimum atomic E-state index is -3.12. The molecule has 308 valence electrons. The second-order valence-electron chi connectivity index (χ2n) is 22.7. The molecule has 0 amide bonds. The second-order valence-corrected chi connectivity index (χ2v) is 34.1. The van der Waals surface area contributed by atoms with E-state index in [0.29, 0.717) is 0 Å². The molecule has 0 bridgehead atoms. The van der Waals surface area contributed by atoms with Crippen LogP contribution in [0.2, 0.25) is 0 Å². The third kappa shape index (κ3) is 10.8. The zero-order valence-corrected chi connectivity index (χ0v) is 43.5. The number of benzene rings is 4. The molecule has 0 saturated carbocycles. The summed E-state index contributed by atoms with van der Waals surface area (Å²) in [4.78, 5) is 0. The topological polar surface area (TPSA) is 0 Å². The predicted molar refractivity (Wildman–Crippen MR) is 258 cm³/mol. The summed E-state index contributed by atoms with van der Waals surface area (Å²) >= 11 is -1.92. The van der Waals surface area contributed by atoms with Crippen LogP contribution in [0.15, 0.2) is 84.9 Å². The van der Waals surface area contributed by atoms with Gasteiger partial charge in [0.15, 0.2) is 0 Å². The van der Waals surface area contributed by atoms with Gasteiger partial charge in [0.2, 0.25) is 0 Å². The first kappa shape index (κ1) is 48.0. The van der Waals surface area contributed by atoms with Crippen molar-refractivity contribution in [3.63, 3.8) is 0 Å². The van der Waals surface area contributed by atoms with Gasteiger partial charge in [0.1, 0.15) is 8.07 Å². The number of hydrogen-bond acceptors (Lipinski definition) is 0. The zero-order chi connectivity index (χ0) is 43.5. The van der Waals surface area contributed by atoms with Crippen molar-refractivity contribution < 1.29 is 14.7 Å². The van der Waals surface area contributed by atoms with Crippen molar-refractivity contribution in [1.82, 2.24) is 0 Å². The molecule has 0 aromatic heterocycles. The Morgan fingerprint density at radius 2 is 0.649 bits per heavy atom. The normalized spacial score (nSPS) is 13.4. The molecule has 0 saturated heterocycles. The van der Waals surface area contributed by atoms with Crippen LogP contribution in [0.1, 0.15) is 164 Å². The van der Waals surface area contributed by atoms with E-state index in [0.717, 1.165) is 0 Å². The number of halogens is 3. The standard InChI is InChI=1S/C52H71Si.3ClH.Ti/c1-34-24-35-22-20-21-23-45(35)46(34)53(42-28-36(47(2,3)4)25-37(29-42)48(5,6)7,43-30-38(49(8,9)10)26-39(31-43)50(11,12)13)44-32-40(51(14,15)16)27-41(33-44)52(17,18)19;;;;/h20-33H,1-19H3;3*1H;/q-1;;;;+4/p-3. The first-order valence-corrected chi connectivity index (χ1v) is 29.1. The Kier molecular flexibility index (Phi) is 14.0. The zero-order valence-electron chi connectivity index (χ0n) is 38.7. The van der Waals surface area contributed by atoms with E-state index >= 15 is 0 Å².